The number of benzene rings is 1. The van der Waals surface area contributed by atoms with Crippen molar-refractivity contribution in [1.82, 2.24) is 20.5 Å². The molecule has 2 aromatic rings. The normalized spacial score (nSPS) is 10.3. The first-order valence-corrected chi connectivity index (χ1v) is 6.59. The van der Waals surface area contributed by atoms with Crippen LogP contribution in [0.3, 0.4) is 0 Å². The van der Waals surface area contributed by atoms with Gasteiger partial charge in [0.25, 0.3) is 5.91 Å². The molecule has 0 radical (unpaired) electrons. The van der Waals surface area contributed by atoms with E-state index in [1.807, 2.05) is 30.3 Å². The van der Waals surface area contributed by atoms with E-state index in [4.69, 9.17) is 0 Å². The summed E-state index contributed by atoms with van der Waals surface area (Å²) in [6, 6.07) is 10.1. The summed E-state index contributed by atoms with van der Waals surface area (Å²) in [5, 5.41) is 9.21. The van der Waals surface area contributed by atoms with Gasteiger partial charge in [-0.05, 0) is 19.1 Å². The monoisotopic (exact) mass is 262 g/mol. The SMILES string of the molecule is Cc1nc(C(=O)NCCSc2ccccc2)n[nH]1. The highest BCUT2D eigenvalue weighted by Gasteiger charge is 2.09. The highest BCUT2D eigenvalue weighted by molar-refractivity contribution is 7.99. The predicted octanol–water partition coefficient (Wildman–Crippen LogP) is 1.64. The van der Waals surface area contributed by atoms with E-state index in [9.17, 15) is 4.79 Å². The fraction of sp³-hybridized carbons (Fsp3) is 0.250. The van der Waals surface area contributed by atoms with Crippen molar-refractivity contribution in [3.63, 3.8) is 0 Å². The van der Waals surface area contributed by atoms with Crippen LogP contribution in [0.1, 0.15) is 16.4 Å². The van der Waals surface area contributed by atoms with E-state index in [0.717, 1.165) is 5.75 Å². The molecule has 18 heavy (non-hydrogen) atoms. The van der Waals surface area contributed by atoms with Crippen LogP contribution in [-0.4, -0.2) is 33.4 Å². The van der Waals surface area contributed by atoms with Gasteiger partial charge in [0.1, 0.15) is 5.82 Å². The quantitative estimate of drug-likeness (QED) is 0.634. The number of aromatic amines is 1. The van der Waals surface area contributed by atoms with Crippen molar-refractivity contribution in [3.05, 3.63) is 42.0 Å². The number of thioether (sulfide) groups is 1. The zero-order chi connectivity index (χ0) is 12.8. The fourth-order valence-electron chi connectivity index (χ4n) is 1.37. The van der Waals surface area contributed by atoms with Crippen molar-refractivity contribution >= 4 is 17.7 Å². The zero-order valence-corrected chi connectivity index (χ0v) is 10.8. The molecule has 1 aromatic heterocycles. The number of carbonyl (C=O) groups excluding carboxylic acids is 1. The number of aryl methyl sites for hydroxylation is 1. The van der Waals surface area contributed by atoms with Crippen molar-refractivity contribution in [2.45, 2.75) is 11.8 Å². The second kappa shape index (κ2) is 6.20. The van der Waals surface area contributed by atoms with Gasteiger partial charge in [-0.3, -0.25) is 9.89 Å². The van der Waals surface area contributed by atoms with Crippen LogP contribution in [-0.2, 0) is 0 Å². The molecule has 94 valence electrons. The lowest BCUT2D eigenvalue weighted by Crippen LogP contribution is -2.26. The first-order valence-electron chi connectivity index (χ1n) is 5.61. The second-order valence-electron chi connectivity index (χ2n) is 3.66. The van der Waals surface area contributed by atoms with Crippen LogP contribution in [0.15, 0.2) is 35.2 Å². The molecule has 1 heterocycles. The number of carbonyl (C=O) groups is 1. The fourth-order valence-corrected chi connectivity index (χ4v) is 2.16. The molecule has 1 aromatic carbocycles. The maximum absolute atomic E-state index is 11.6. The number of amides is 1. The van der Waals surface area contributed by atoms with Crippen LogP contribution in [0.5, 0.6) is 0 Å². The first-order chi connectivity index (χ1) is 8.75. The second-order valence-corrected chi connectivity index (χ2v) is 4.83. The molecule has 0 atom stereocenters. The third-order valence-electron chi connectivity index (χ3n) is 2.20. The molecule has 5 nitrogen and oxygen atoms in total. The van der Waals surface area contributed by atoms with Crippen molar-refractivity contribution in [1.29, 1.82) is 0 Å². The standard InChI is InChI=1S/C12H14N4OS/c1-9-14-11(16-15-9)12(17)13-7-8-18-10-5-3-2-4-6-10/h2-6H,7-8H2,1H3,(H,13,17)(H,14,15,16). The molecule has 2 rings (SSSR count). The van der Waals surface area contributed by atoms with E-state index < -0.39 is 0 Å². The van der Waals surface area contributed by atoms with E-state index in [1.54, 1.807) is 18.7 Å². The van der Waals surface area contributed by atoms with Crippen LogP contribution >= 0.6 is 11.8 Å². The average molecular weight is 262 g/mol. The van der Waals surface area contributed by atoms with Gasteiger partial charge in [-0.2, -0.15) is 0 Å². The van der Waals surface area contributed by atoms with Crippen molar-refractivity contribution < 1.29 is 4.79 Å². The van der Waals surface area contributed by atoms with Crippen LogP contribution < -0.4 is 5.32 Å². The van der Waals surface area contributed by atoms with E-state index >= 15 is 0 Å². The Balaban J connectivity index is 1.71. The van der Waals surface area contributed by atoms with Gasteiger partial charge in [-0.15, -0.1) is 16.9 Å². The molecule has 1 amide bonds. The molecule has 0 aliphatic rings. The van der Waals surface area contributed by atoms with Crippen molar-refractivity contribution in [2.75, 3.05) is 12.3 Å². The smallest absolute Gasteiger partial charge is 0.290 e. The Morgan fingerprint density at radius 2 is 2.17 bits per heavy atom. The number of hydrogen-bond acceptors (Lipinski definition) is 4. The average Bonchev–Trinajstić information content (AvgIpc) is 2.82. The van der Waals surface area contributed by atoms with Gasteiger partial charge in [-0.25, -0.2) is 4.98 Å². The zero-order valence-electron chi connectivity index (χ0n) is 10.0. The highest BCUT2D eigenvalue weighted by atomic mass is 32.2. The van der Waals surface area contributed by atoms with E-state index in [-0.39, 0.29) is 11.7 Å². The molecule has 0 unspecified atom stereocenters. The molecule has 0 aliphatic carbocycles. The Morgan fingerprint density at radius 3 is 2.83 bits per heavy atom. The number of rotatable bonds is 5. The molecule has 2 N–H and O–H groups in total. The van der Waals surface area contributed by atoms with Gasteiger partial charge >= 0.3 is 0 Å². The number of hydrogen-bond donors (Lipinski definition) is 2. The Hall–Kier alpha value is -1.82. The number of nitrogens with one attached hydrogen (secondary N) is 2. The Bertz CT molecular complexity index is 512. The highest BCUT2D eigenvalue weighted by Crippen LogP contribution is 2.15. The molecule has 0 aliphatic heterocycles. The molecular weight excluding hydrogens is 248 g/mol. The predicted molar refractivity (Wildman–Crippen MR) is 70.6 cm³/mol. The molecular formula is C12H14N4OS. The number of aromatic nitrogens is 3. The van der Waals surface area contributed by atoms with Crippen LogP contribution in [0.4, 0.5) is 0 Å². The topological polar surface area (TPSA) is 70.7 Å². The molecule has 0 fully saturated rings. The number of H-pyrrole nitrogens is 1. The van der Waals surface area contributed by atoms with Gasteiger partial charge < -0.3 is 5.32 Å². The summed E-state index contributed by atoms with van der Waals surface area (Å²) in [6.45, 7) is 2.35. The minimum Gasteiger partial charge on any atom is -0.348 e. The maximum Gasteiger partial charge on any atom is 0.290 e. The van der Waals surface area contributed by atoms with Gasteiger partial charge in [0, 0.05) is 17.2 Å². The summed E-state index contributed by atoms with van der Waals surface area (Å²) in [5.74, 6) is 1.41. The van der Waals surface area contributed by atoms with Crippen LogP contribution in [0.2, 0.25) is 0 Å². The molecule has 0 saturated heterocycles. The first kappa shape index (κ1) is 12.6. The maximum atomic E-state index is 11.6. The van der Waals surface area contributed by atoms with Crippen LogP contribution in [0.25, 0.3) is 0 Å². The molecule has 0 spiro atoms. The lowest BCUT2D eigenvalue weighted by atomic mass is 10.4. The van der Waals surface area contributed by atoms with Crippen molar-refractivity contribution in [3.8, 4) is 0 Å². The van der Waals surface area contributed by atoms with Crippen molar-refractivity contribution in [2.24, 2.45) is 0 Å². The molecule has 0 bridgehead atoms. The Labute approximate surface area is 109 Å². The summed E-state index contributed by atoms with van der Waals surface area (Å²) in [7, 11) is 0. The Morgan fingerprint density at radius 1 is 1.39 bits per heavy atom. The lowest BCUT2D eigenvalue weighted by molar-refractivity contribution is 0.0946. The third-order valence-corrected chi connectivity index (χ3v) is 3.21. The van der Waals surface area contributed by atoms with Gasteiger partial charge in [0.2, 0.25) is 5.82 Å². The molecule has 6 heteroatoms. The van der Waals surface area contributed by atoms with E-state index in [0.29, 0.717) is 12.4 Å². The summed E-state index contributed by atoms with van der Waals surface area (Å²) in [5.41, 5.74) is 0. The largest absolute Gasteiger partial charge is 0.348 e. The third kappa shape index (κ3) is 3.59. The Kier molecular flexibility index (Phi) is 4.35. The minimum atomic E-state index is -0.243. The van der Waals surface area contributed by atoms with E-state index in [2.05, 4.69) is 20.5 Å². The van der Waals surface area contributed by atoms with E-state index in [1.165, 1.54) is 4.90 Å². The van der Waals surface area contributed by atoms with Gasteiger partial charge in [-0.1, -0.05) is 18.2 Å². The van der Waals surface area contributed by atoms with Gasteiger partial charge in [0.15, 0.2) is 0 Å². The summed E-state index contributed by atoms with van der Waals surface area (Å²) in [4.78, 5) is 16.8. The van der Waals surface area contributed by atoms with Gasteiger partial charge in [0.05, 0.1) is 0 Å². The number of nitrogens with zero attached hydrogens (tertiary/aromatic N) is 2. The lowest BCUT2D eigenvalue weighted by Gasteiger charge is -2.02. The molecule has 0 saturated carbocycles. The summed E-state index contributed by atoms with van der Waals surface area (Å²) in [6.07, 6.45) is 0. The minimum absolute atomic E-state index is 0.192. The van der Waals surface area contributed by atoms with Crippen LogP contribution in [0, 0.1) is 6.92 Å². The summed E-state index contributed by atoms with van der Waals surface area (Å²) >= 11 is 1.70. The summed E-state index contributed by atoms with van der Waals surface area (Å²) < 4.78 is 0.